The molecule has 2 N–H and O–H groups in total. The monoisotopic (exact) mass is 498 g/mol. The largest absolute Gasteiger partial charge is 0.437 e. The van der Waals surface area contributed by atoms with E-state index in [-0.39, 0.29) is 16.3 Å². The Bertz CT molecular complexity index is 1350. The highest BCUT2D eigenvalue weighted by Gasteiger charge is 2.38. The highest BCUT2D eigenvalue weighted by molar-refractivity contribution is 7.91. The number of alkyl halides is 3. The lowest BCUT2D eigenvalue weighted by atomic mass is 10.1. The number of rotatable bonds is 5. The Morgan fingerprint density at radius 2 is 1.85 bits per heavy atom. The highest BCUT2D eigenvalue weighted by atomic mass is 35.5. The molecule has 3 aromatic rings. The predicted molar refractivity (Wildman–Crippen MR) is 117 cm³/mol. The fourth-order valence-electron chi connectivity index (χ4n) is 2.87. The Hall–Kier alpha value is -3.18. The first kappa shape index (κ1) is 24.5. The van der Waals surface area contributed by atoms with Crippen LogP contribution < -0.4 is 10.1 Å². The van der Waals surface area contributed by atoms with Gasteiger partial charge < -0.3 is 10.1 Å². The maximum absolute atomic E-state index is 13.4. The number of amides is 1. The van der Waals surface area contributed by atoms with E-state index in [0.29, 0.717) is 5.02 Å². The molecule has 0 aliphatic carbocycles. The molecule has 0 spiro atoms. The summed E-state index contributed by atoms with van der Waals surface area (Å²) in [5.41, 5.74) is -1.42. The minimum atomic E-state index is -4.85. The fraction of sp³-hybridized carbons (Fsp3) is 0.190. The third-order valence-corrected chi connectivity index (χ3v) is 6.14. The summed E-state index contributed by atoms with van der Waals surface area (Å²) in [5.74, 6) is -1.25. The van der Waals surface area contributed by atoms with Crippen LogP contribution in [0.4, 0.5) is 18.9 Å². The number of hydrogen-bond acceptors (Lipinski definition) is 6. The first-order chi connectivity index (χ1) is 15.3. The molecule has 1 aromatic heterocycles. The molecule has 1 atom stereocenters. The summed E-state index contributed by atoms with van der Waals surface area (Å²) < 4.78 is 65.5. The van der Waals surface area contributed by atoms with Crippen molar-refractivity contribution in [3.05, 3.63) is 69.9 Å². The average Bonchev–Trinajstić information content (AvgIpc) is 2.69. The van der Waals surface area contributed by atoms with Crippen LogP contribution in [0.25, 0.3) is 0 Å². The second-order valence-corrected chi connectivity index (χ2v) is 9.76. The second kappa shape index (κ2) is 8.99. The quantitative estimate of drug-likeness (QED) is 0.459. The molecule has 1 heterocycles. The van der Waals surface area contributed by atoms with Gasteiger partial charge in [0.15, 0.2) is 5.69 Å². The van der Waals surface area contributed by atoms with E-state index in [1.807, 2.05) is 0 Å². The van der Waals surface area contributed by atoms with Crippen LogP contribution in [0.3, 0.4) is 0 Å². The number of carbonyl (C=O) groups is 1. The summed E-state index contributed by atoms with van der Waals surface area (Å²) in [5, 5.41) is 9.51. The SMILES string of the molecule is Cc1ccc(Oc2nnc(C(F)(F)F)c(C)c2C(=O)Nc2cccc(S(C)(=N)=O)c2)cc1Cl. The van der Waals surface area contributed by atoms with E-state index in [1.54, 1.807) is 13.0 Å². The van der Waals surface area contributed by atoms with Gasteiger partial charge in [0.1, 0.15) is 11.3 Å². The zero-order valence-electron chi connectivity index (χ0n) is 17.6. The molecule has 33 heavy (non-hydrogen) atoms. The number of aromatic nitrogens is 2. The summed E-state index contributed by atoms with van der Waals surface area (Å²) in [6.45, 7) is 2.84. The molecular weight excluding hydrogens is 481 g/mol. The van der Waals surface area contributed by atoms with Gasteiger partial charge in [-0.1, -0.05) is 23.7 Å². The molecule has 3 rings (SSSR count). The second-order valence-electron chi connectivity index (χ2n) is 7.19. The molecule has 7 nitrogen and oxygen atoms in total. The van der Waals surface area contributed by atoms with Crippen LogP contribution in [0.2, 0.25) is 5.02 Å². The van der Waals surface area contributed by atoms with Crippen LogP contribution in [0.1, 0.15) is 27.2 Å². The third-order valence-electron chi connectivity index (χ3n) is 4.58. The van der Waals surface area contributed by atoms with Crippen molar-refractivity contribution in [2.24, 2.45) is 0 Å². The minimum Gasteiger partial charge on any atom is -0.437 e. The van der Waals surface area contributed by atoms with Gasteiger partial charge in [0, 0.05) is 21.9 Å². The maximum atomic E-state index is 13.4. The Morgan fingerprint density at radius 1 is 1.15 bits per heavy atom. The van der Waals surface area contributed by atoms with Crippen LogP contribution >= 0.6 is 11.6 Å². The van der Waals surface area contributed by atoms with E-state index in [2.05, 4.69) is 15.5 Å². The van der Waals surface area contributed by atoms with Crippen LogP contribution in [-0.4, -0.2) is 26.6 Å². The number of ether oxygens (including phenoxy) is 1. The Morgan fingerprint density at radius 3 is 2.45 bits per heavy atom. The van der Waals surface area contributed by atoms with Gasteiger partial charge in [-0.05, 0) is 55.3 Å². The van der Waals surface area contributed by atoms with Gasteiger partial charge in [-0.15, -0.1) is 10.2 Å². The number of anilines is 1. The molecule has 0 radical (unpaired) electrons. The summed E-state index contributed by atoms with van der Waals surface area (Å²) in [6.07, 6.45) is -3.64. The standard InChI is InChI=1S/C21H18ClF3N4O3S/c1-11-7-8-14(10-16(11)22)32-20-17(12(2)18(28-29-20)21(23,24)25)19(30)27-13-5-4-6-15(9-13)33(3,26)31/h4-10,26H,1-3H3,(H,27,30). The molecule has 0 aliphatic heterocycles. The zero-order chi connectivity index (χ0) is 24.6. The smallest absolute Gasteiger partial charge is 0.435 e. The fourth-order valence-corrected chi connectivity index (χ4v) is 3.73. The van der Waals surface area contributed by atoms with E-state index in [9.17, 15) is 22.2 Å². The van der Waals surface area contributed by atoms with Crippen molar-refractivity contribution >= 4 is 32.9 Å². The van der Waals surface area contributed by atoms with Crippen LogP contribution in [0.15, 0.2) is 47.4 Å². The van der Waals surface area contributed by atoms with Crippen LogP contribution in [0.5, 0.6) is 11.6 Å². The lowest BCUT2D eigenvalue weighted by molar-refractivity contribution is -0.142. The molecule has 1 unspecified atom stereocenters. The molecule has 0 aliphatic rings. The van der Waals surface area contributed by atoms with Crippen molar-refractivity contribution in [1.29, 1.82) is 4.78 Å². The van der Waals surface area contributed by atoms with Crippen molar-refractivity contribution in [1.82, 2.24) is 10.2 Å². The summed E-state index contributed by atoms with van der Waals surface area (Å²) in [7, 11) is -3.08. The number of hydrogen-bond donors (Lipinski definition) is 2. The van der Waals surface area contributed by atoms with Crippen molar-refractivity contribution < 1.29 is 26.9 Å². The van der Waals surface area contributed by atoms with Crippen molar-refractivity contribution in [3.63, 3.8) is 0 Å². The Labute approximate surface area is 192 Å². The number of nitrogens with zero attached hydrogens (tertiary/aromatic N) is 2. The number of benzene rings is 2. The van der Waals surface area contributed by atoms with Crippen molar-refractivity contribution in [2.75, 3.05) is 11.6 Å². The molecule has 1 amide bonds. The van der Waals surface area contributed by atoms with Crippen molar-refractivity contribution in [2.45, 2.75) is 24.9 Å². The van der Waals surface area contributed by atoms with E-state index >= 15 is 0 Å². The lowest BCUT2D eigenvalue weighted by Gasteiger charge is -2.16. The third kappa shape index (κ3) is 5.60. The van der Waals surface area contributed by atoms with Gasteiger partial charge in [0.05, 0.1) is 9.73 Å². The number of halogens is 4. The van der Waals surface area contributed by atoms with Gasteiger partial charge in [0.2, 0.25) is 0 Å². The molecular formula is C21H18ClF3N4O3S. The molecule has 12 heteroatoms. The van der Waals surface area contributed by atoms with E-state index in [4.69, 9.17) is 21.1 Å². The number of carbonyl (C=O) groups excluding carboxylic acids is 1. The Balaban J connectivity index is 2.07. The van der Waals surface area contributed by atoms with Crippen LogP contribution in [0, 0.1) is 18.6 Å². The number of aryl methyl sites for hydroxylation is 1. The topological polar surface area (TPSA) is 105 Å². The van der Waals surface area contributed by atoms with Gasteiger partial charge in [-0.25, -0.2) is 8.99 Å². The molecule has 0 saturated carbocycles. The summed E-state index contributed by atoms with van der Waals surface area (Å²) in [6, 6.07) is 10.3. The first-order valence-electron chi connectivity index (χ1n) is 9.31. The molecule has 0 bridgehead atoms. The van der Waals surface area contributed by atoms with Crippen LogP contribution in [-0.2, 0) is 15.9 Å². The van der Waals surface area contributed by atoms with E-state index in [1.165, 1.54) is 42.7 Å². The molecule has 2 aromatic carbocycles. The summed E-state index contributed by atoms with van der Waals surface area (Å²) in [4.78, 5) is 13.2. The predicted octanol–water partition coefficient (Wildman–Crippen LogP) is 5.85. The minimum absolute atomic E-state index is 0.133. The van der Waals surface area contributed by atoms with E-state index in [0.717, 1.165) is 12.5 Å². The molecule has 174 valence electrons. The van der Waals surface area contributed by atoms with Crippen molar-refractivity contribution in [3.8, 4) is 11.6 Å². The summed E-state index contributed by atoms with van der Waals surface area (Å²) >= 11 is 6.07. The highest BCUT2D eigenvalue weighted by Crippen LogP contribution is 2.35. The van der Waals surface area contributed by atoms with Gasteiger partial charge in [-0.2, -0.15) is 13.2 Å². The number of nitrogens with one attached hydrogen (secondary N) is 2. The maximum Gasteiger partial charge on any atom is 0.435 e. The lowest BCUT2D eigenvalue weighted by Crippen LogP contribution is -2.21. The normalized spacial score (nSPS) is 13.3. The molecule has 0 saturated heterocycles. The van der Waals surface area contributed by atoms with Gasteiger partial charge >= 0.3 is 6.18 Å². The Kier molecular flexibility index (Phi) is 6.66. The van der Waals surface area contributed by atoms with Gasteiger partial charge in [-0.3, -0.25) is 4.79 Å². The zero-order valence-corrected chi connectivity index (χ0v) is 19.2. The molecule has 0 fully saturated rings. The first-order valence-corrected chi connectivity index (χ1v) is 11.7. The van der Waals surface area contributed by atoms with Gasteiger partial charge in [0.25, 0.3) is 11.8 Å². The van der Waals surface area contributed by atoms with E-state index < -0.39 is 44.5 Å². The average molecular weight is 499 g/mol.